The van der Waals surface area contributed by atoms with E-state index in [1.54, 1.807) is 27.7 Å². The Labute approximate surface area is 358 Å². The monoisotopic (exact) mass is 834 g/mol. The molecule has 1 N–H and O–H groups in total. The second-order valence-electron chi connectivity index (χ2n) is 17.9. The number of allylic oxidation sites excluding steroid dienone is 2. The van der Waals surface area contributed by atoms with Gasteiger partial charge in [-0.25, -0.2) is 4.79 Å². The Morgan fingerprint density at radius 1 is 0.667 bits per heavy atom. The topological polar surface area (TPSA) is 154 Å². The number of benzene rings is 2. The number of esters is 2. The summed E-state index contributed by atoms with van der Waals surface area (Å²) in [6.45, 7) is 30.6. The van der Waals surface area contributed by atoms with Crippen molar-refractivity contribution in [3.05, 3.63) is 69.8 Å². The number of imide groups is 1. The Bertz CT molecular complexity index is 1770. The van der Waals surface area contributed by atoms with E-state index in [1.165, 1.54) is 47.2 Å². The van der Waals surface area contributed by atoms with Crippen LogP contribution < -0.4 is 9.47 Å². The van der Waals surface area contributed by atoms with Gasteiger partial charge in [-0.2, -0.15) is 0 Å². The molecule has 1 saturated carbocycles. The molecule has 2 aromatic carbocycles. The van der Waals surface area contributed by atoms with Crippen molar-refractivity contribution in [3.63, 3.8) is 0 Å². The molecule has 2 amide bonds. The zero-order chi connectivity index (χ0) is 46.0. The van der Waals surface area contributed by atoms with Crippen LogP contribution in [0.4, 0.5) is 0 Å². The molecule has 0 radical (unpaired) electrons. The van der Waals surface area contributed by atoms with Crippen LogP contribution in [0.15, 0.2) is 36.4 Å². The lowest BCUT2D eigenvalue weighted by Crippen LogP contribution is -2.39. The van der Waals surface area contributed by atoms with Crippen LogP contribution in [0.2, 0.25) is 0 Å². The van der Waals surface area contributed by atoms with Crippen molar-refractivity contribution in [1.29, 1.82) is 0 Å². The minimum Gasteiger partial charge on any atom is -0.481 e. The van der Waals surface area contributed by atoms with Gasteiger partial charge in [0.1, 0.15) is 11.5 Å². The van der Waals surface area contributed by atoms with Gasteiger partial charge in [-0.3, -0.25) is 24.0 Å². The standard InChI is InChI=1S/C15H19NO4.2C14H20O2.C6H12O2/c1-4-15(2,3)14(19)20-16-12(17)10-8-5-6-9(7-8)11(10)13(16)18;2*1-6-9(2)14-10(3)7-13(8-11(14)4)16-12(5)15;1-4-6(2,3)5(7)8/h5-6,8-11H,4,7H2,1-3H3;2*7-9H,6H2,1-5H3;4H2,1-3H3,(H,7,8). The van der Waals surface area contributed by atoms with Crippen LogP contribution in [0.1, 0.15) is 160 Å². The van der Waals surface area contributed by atoms with Crippen molar-refractivity contribution < 1.29 is 48.2 Å². The number of hydroxylamine groups is 2. The summed E-state index contributed by atoms with van der Waals surface area (Å²) < 4.78 is 10.2. The van der Waals surface area contributed by atoms with Crippen LogP contribution >= 0.6 is 0 Å². The normalized spacial score (nSPS) is 19.7. The van der Waals surface area contributed by atoms with Crippen molar-refractivity contribution in [2.75, 3.05) is 0 Å². The van der Waals surface area contributed by atoms with Gasteiger partial charge in [0.25, 0.3) is 11.8 Å². The first-order valence-corrected chi connectivity index (χ1v) is 21.4. The quantitative estimate of drug-likeness (QED) is 0.100. The van der Waals surface area contributed by atoms with E-state index in [0.29, 0.717) is 36.2 Å². The molecule has 2 fully saturated rings. The minimum absolute atomic E-state index is 0.129. The SMILES string of the molecule is CCC(C)(C)C(=O)O.CCC(C)(C)C(=O)ON1C(=O)C2C3C=CC(C3)C2C1=O.CCC(C)c1c(C)cc(OC(C)=O)cc1C.CCC(C)c1c(C)cc(OC(C)=O)cc1C. The third kappa shape index (κ3) is 12.9. The number of aryl methyl sites for hydroxylation is 4. The van der Waals surface area contributed by atoms with Gasteiger partial charge in [0.05, 0.1) is 22.7 Å². The van der Waals surface area contributed by atoms with E-state index in [1.807, 2.05) is 50.3 Å². The third-order valence-electron chi connectivity index (χ3n) is 12.4. The first kappa shape index (κ1) is 51.3. The number of aliphatic carboxylic acids is 1. The molecule has 11 nitrogen and oxygen atoms in total. The number of nitrogens with zero attached hydrogens (tertiary/aromatic N) is 1. The molecule has 0 aromatic heterocycles. The molecule has 3 aliphatic rings. The van der Waals surface area contributed by atoms with E-state index in [-0.39, 0.29) is 47.4 Å². The van der Waals surface area contributed by atoms with E-state index in [4.69, 9.17) is 19.4 Å². The zero-order valence-corrected chi connectivity index (χ0v) is 39.0. The molecule has 0 spiro atoms. The average Bonchev–Trinajstić information content (AvgIpc) is 3.84. The van der Waals surface area contributed by atoms with Crippen LogP contribution in [0.3, 0.4) is 0 Å². The molecule has 6 unspecified atom stereocenters. The summed E-state index contributed by atoms with van der Waals surface area (Å²) in [5, 5.41) is 9.16. The van der Waals surface area contributed by atoms with Crippen LogP contribution in [0, 0.1) is 62.2 Å². The fourth-order valence-corrected chi connectivity index (χ4v) is 7.75. The number of rotatable bonds is 11. The van der Waals surface area contributed by atoms with Crippen molar-refractivity contribution in [2.45, 2.75) is 155 Å². The largest absolute Gasteiger partial charge is 0.481 e. The minimum atomic E-state index is -0.722. The van der Waals surface area contributed by atoms with Crippen molar-refractivity contribution >= 4 is 35.7 Å². The lowest BCUT2D eigenvalue weighted by molar-refractivity contribution is -0.205. The lowest BCUT2D eigenvalue weighted by Gasteiger charge is -2.23. The molecule has 2 bridgehead atoms. The first-order valence-electron chi connectivity index (χ1n) is 21.4. The van der Waals surface area contributed by atoms with Gasteiger partial charge in [-0.1, -0.05) is 53.7 Å². The summed E-state index contributed by atoms with van der Waals surface area (Å²) in [4.78, 5) is 73.9. The van der Waals surface area contributed by atoms with Gasteiger partial charge >= 0.3 is 23.9 Å². The number of carbonyl (C=O) groups excluding carboxylic acids is 5. The highest BCUT2D eigenvalue weighted by molar-refractivity contribution is 6.06. The zero-order valence-electron chi connectivity index (χ0n) is 39.0. The summed E-state index contributed by atoms with van der Waals surface area (Å²) in [6.07, 6.45) is 8.40. The van der Waals surface area contributed by atoms with Gasteiger partial charge in [0, 0.05) is 13.8 Å². The average molecular weight is 834 g/mol. The molecular weight excluding hydrogens is 763 g/mol. The molecule has 11 heteroatoms. The molecule has 1 saturated heterocycles. The van der Waals surface area contributed by atoms with Crippen molar-refractivity contribution in [3.8, 4) is 11.5 Å². The third-order valence-corrected chi connectivity index (χ3v) is 12.4. The number of fused-ring (bicyclic) bond motifs is 5. The fraction of sp³-hybridized carbons (Fsp3) is 0.592. The van der Waals surface area contributed by atoms with Crippen LogP contribution in [-0.4, -0.2) is 45.9 Å². The summed E-state index contributed by atoms with van der Waals surface area (Å²) in [5.41, 5.74) is 6.30. The number of amides is 2. The van der Waals surface area contributed by atoms with E-state index >= 15 is 0 Å². The second-order valence-corrected chi connectivity index (χ2v) is 17.9. The summed E-state index contributed by atoms with van der Waals surface area (Å²) in [7, 11) is 0. The number of ether oxygens (including phenoxy) is 2. The maximum absolute atomic E-state index is 12.3. The highest BCUT2D eigenvalue weighted by atomic mass is 16.7. The van der Waals surface area contributed by atoms with Gasteiger partial charge in [-0.05, 0) is 169 Å². The van der Waals surface area contributed by atoms with E-state index < -0.39 is 22.8 Å². The molecule has 60 heavy (non-hydrogen) atoms. The molecule has 1 heterocycles. The van der Waals surface area contributed by atoms with Crippen LogP contribution in [0.5, 0.6) is 11.5 Å². The van der Waals surface area contributed by atoms with Crippen molar-refractivity contribution in [2.24, 2.45) is 34.5 Å². The molecule has 6 atom stereocenters. The van der Waals surface area contributed by atoms with Gasteiger partial charge in [0.15, 0.2) is 0 Å². The Kier molecular flexibility index (Phi) is 18.5. The molecule has 5 rings (SSSR count). The Hall–Kier alpha value is -4.80. The van der Waals surface area contributed by atoms with E-state index in [9.17, 15) is 28.8 Å². The van der Waals surface area contributed by atoms with Gasteiger partial charge in [0.2, 0.25) is 0 Å². The van der Waals surface area contributed by atoms with Crippen LogP contribution in [0.25, 0.3) is 0 Å². The molecule has 2 aromatic rings. The smallest absolute Gasteiger partial charge is 0.338 e. The highest BCUT2D eigenvalue weighted by Crippen LogP contribution is 2.52. The van der Waals surface area contributed by atoms with Gasteiger partial charge < -0.3 is 19.4 Å². The first-order chi connectivity index (χ1) is 27.8. The maximum atomic E-state index is 12.3. The number of carboxylic acids is 1. The van der Waals surface area contributed by atoms with Crippen LogP contribution in [-0.2, 0) is 33.6 Å². The lowest BCUT2D eigenvalue weighted by atomic mass is 9.85. The summed E-state index contributed by atoms with van der Waals surface area (Å²) in [6, 6.07) is 7.76. The van der Waals surface area contributed by atoms with Gasteiger partial charge in [-0.15, -0.1) is 5.06 Å². The number of hydrogen-bond acceptors (Lipinski definition) is 9. The maximum Gasteiger partial charge on any atom is 0.338 e. The van der Waals surface area contributed by atoms with Crippen molar-refractivity contribution in [1.82, 2.24) is 5.06 Å². The van der Waals surface area contributed by atoms with E-state index in [2.05, 4.69) is 55.4 Å². The number of carbonyl (C=O) groups is 6. The second kappa shape index (κ2) is 21.6. The molecule has 332 valence electrons. The molecular formula is C49H71NO10. The molecule has 1 aliphatic heterocycles. The highest BCUT2D eigenvalue weighted by Gasteiger charge is 2.61. The Balaban J connectivity index is 0.000000287. The fourth-order valence-electron chi connectivity index (χ4n) is 7.75. The Morgan fingerprint density at radius 3 is 1.25 bits per heavy atom. The Morgan fingerprint density at radius 2 is 1.00 bits per heavy atom. The predicted octanol–water partition coefficient (Wildman–Crippen LogP) is 10.7. The predicted molar refractivity (Wildman–Crippen MR) is 233 cm³/mol. The molecule has 2 aliphatic carbocycles. The van der Waals surface area contributed by atoms with E-state index in [0.717, 1.165) is 24.3 Å². The number of carboxylic acid groups (broad SMARTS) is 1. The summed E-state index contributed by atoms with van der Waals surface area (Å²) in [5.74, 6) is -0.484. The summed E-state index contributed by atoms with van der Waals surface area (Å²) >= 11 is 0. The number of hydrogen-bond donors (Lipinski definition) is 1.